The molecule has 22 heavy (non-hydrogen) atoms. The molecule has 2 fully saturated rings. The Morgan fingerprint density at radius 1 is 1.36 bits per heavy atom. The first-order valence-corrected chi connectivity index (χ1v) is 7.18. The van der Waals surface area contributed by atoms with Crippen LogP contribution in [0.1, 0.15) is 20.1 Å². The first-order valence-electron chi connectivity index (χ1n) is 7.18. The Morgan fingerprint density at radius 2 is 2.14 bits per heavy atom. The third-order valence-electron chi connectivity index (χ3n) is 4.48. The van der Waals surface area contributed by atoms with Gasteiger partial charge in [-0.15, -0.1) is 0 Å². The number of imidazole rings is 1. The van der Waals surface area contributed by atoms with Crippen LogP contribution in [0.5, 0.6) is 0 Å². The lowest BCUT2D eigenvalue weighted by Gasteiger charge is -2.23. The van der Waals surface area contributed by atoms with Gasteiger partial charge in [0, 0.05) is 0 Å². The largest absolute Gasteiger partial charge is 0.369 e. The average Bonchev–Trinajstić information content (AvgIpc) is 3.03. The number of hydrogen-bond acceptors (Lipinski definition) is 7. The number of nitrogen functional groups attached to an aromatic ring is 1. The number of rotatable bonds is 0. The summed E-state index contributed by atoms with van der Waals surface area (Å²) in [5.74, 6) is -0.505. The Balaban J connectivity index is 1.76. The second kappa shape index (κ2) is 3.67. The molecule has 2 unspecified atom stereocenters. The van der Waals surface area contributed by atoms with Gasteiger partial charge in [-0.05, 0) is 13.8 Å². The number of aromatic nitrogens is 4. The van der Waals surface area contributed by atoms with Crippen LogP contribution in [0.25, 0.3) is 11.2 Å². The van der Waals surface area contributed by atoms with E-state index in [4.69, 9.17) is 19.9 Å². The number of anilines is 1. The molecule has 0 amide bonds. The second-order valence-electron chi connectivity index (χ2n) is 6.34. The highest BCUT2D eigenvalue weighted by Gasteiger charge is 2.57. The van der Waals surface area contributed by atoms with Crippen molar-refractivity contribution in [3.63, 3.8) is 0 Å². The van der Waals surface area contributed by atoms with Crippen molar-refractivity contribution >= 4 is 17.1 Å². The molecule has 116 valence electrons. The minimum absolute atomic E-state index is 0.158. The molecule has 0 saturated carbocycles. The van der Waals surface area contributed by atoms with Gasteiger partial charge < -0.3 is 19.9 Å². The van der Waals surface area contributed by atoms with E-state index in [-0.39, 0.29) is 24.3 Å². The third-order valence-corrected chi connectivity index (χ3v) is 4.48. The van der Waals surface area contributed by atoms with Crippen molar-refractivity contribution in [1.29, 1.82) is 0 Å². The standard InChI is InChI=1S/C13H15N5O4/c1-13(2)21-7-5-3-17-10-6(9(19)16-12(17)14)15-4-18(10)11(20-5)8(7)22-13/h4-5,7-8,11H,3H2,1-2H3,(H2,14,16,19)/t5-,7?,8?,11-/m1/s1. The van der Waals surface area contributed by atoms with Crippen molar-refractivity contribution in [3.8, 4) is 0 Å². The SMILES string of the molecule is CC1(C)OC2C(O1)[C@H]1Cn3c(N)nc(=O)c4ncn(c43)[C@@H]2O1. The smallest absolute Gasteiger partial charge is 0.302 e. The van der Waals surface area contributed by atoms with Crippen LogP contribution in [0.15, 0.2) is 11.1 Å². The summed E-state index contributed by atoms with van der Waals surface area (Å²) in [5, 5.41) is 0. The molecule has 0 spiro atoms. The highest BCUT2D eigenvalue weighted by Crippen LogP contribution is 2.45. The van der Waals surface area contributed by atoms with Crippen LogP contribution in [0.3, 0.4) is 0 Å². The normalized spacial score (nSPS) is 34.8. The van der Waals surface area contributed by atoms with E-state index in [1.807, 2.05) is 13.8 Å². The van der Waals surface area contributed by atoms with Gasteiger partial charge in [0.05, 0.1) is 12.9 Å². The molecule has 2 aromatic rings. The highest BCUT2D eigenvalue weighted by atomic mass is 16.8. The van der Waals surface area contributed by atoms with E-state index in [0.717, 1.165) is 0 Å². The molecule has 0 aromatic carbocycles. The van der Waals surface area contributed by atoms with E-state index in [2.05, 4.69) is 9.97 Å². The van der Waals surface area contributed by atoms with E-state index in [9.17, 15) is 4.79 Å². The maximum absolute atomic E-state index is 12.0. The van der Waals surface area contributed by atoms with Crippen LogP contribution < -0.4 is 11.3 Å². The summed E-state index contributed by atoms with van der Waals surface area (Å²) in [5.41, 5.74) is 6.42. The zero-order valence-electron chi connectivity index (χ0n) is 12.1. The van der Waals surface area contributed by atoms with Crippen molar-refractivity contribution < 1.29 is 14.2 Å². The zero-order valence-corrected chi connectivity index (χ0v) is 12.1. The number of nitrogens with two attached hydrogens (primary N) is 1. The molecule has 9 heteroatoms. The van der Waals surface area contributed by atoms with Gasteiger partial charge in [0.25, 0.3) is 0 Å². The number of nitrogens with zero attached hydrogens (tertiary/aromatic N) is 4. The van der Waals surface area contributed by atoms with Crippen LogP contribution in [0.2, 0.25) is 0 Å². The average molecular weight is 305 g/mol. The quantitative estimate of drug-likeness (QED) is 0.706. The van der Waals surface area contributed by atoms with Gasteiger partial charge in [-0.2, -0.15) is 4.98 Å². The lowest BCUT2D eigenvalue weighted by molar-refractivity contribution is -0.196. The van der Waals surface area contributed by atoms with E-state index >= 15 is 0 Å². The summed E-state index contributed by atoms with van der Waals surface area (Å²) in [7, 11) is 0. The van der Waals surface area contributed by atoms with Gasteiger partial charge in [0.15, 0.2) is 23.2 Å². The van der Waals surface area contributed by atoms with Gasteiger partial charge in [-0.3, -0.25) is 13.9 Å². The molecule has 3 aliphatic rings. The Kier molecular flexibility index (Phi) is 2.10. The van der Waals surface area contributed by atoms with E-state index in [1.165, 1.54) is 0 Å². The van der Waals surface area contributed by atoms with Crippen LogP contribution in [-0.4, -0.2) is 43.2 Å². The van der Waals surface area contributed by atoms with Crippen LogP contribution >= 0.6 is 0 Å². The molecule has 2 aromatic heterocycles. The van der Waals surface area contributed by atoms with E-state index in [1.54, 1.807) is 15.5 Å². The molecule has 5 heterocycles. The fraction of sp³-hybridized carbons (Fsp3) is 0.615. The topological polar surface area (TPSA) is 106 Å². The summed E-state index contributed by atoms with van der Waals surface area (Å²) in [4.78, 5) is 20.0. The Morgan fingerprint density at radius 3 is 2.95 bits per heavy atom. The molecular weight excluding hydrogens is 290 g/mol. The van der Waals surface area contributed by atoms with E-state index < -0.39 is 17.6 Å². The number of fused-ring (bicyclic) bond motifs is 6. The van der Waals surface area contributed by atoms with Crippen molar-refractivity contribution in [2.24, 2.45) is 0 Å². The molecule has 5 rings (SSSR count). The summed E-state index contributed by atoms with van der Waals surface area (Å²) in [6.07, 6.45) is 0.539. The zero-order chi connectivity index (χ0) is 15.2. The molecule has 9 nitrogen and oxygen atoms in total. The van der Waals surface area contributed by atoms with Crippen molar-refractivity contribution in [3.05, 3.63) is 16.7 Å². The fourth-order valence-electron chi connectivity index (χ4n) is 3.67. The van der Waals surface area contributed by atoms with Crippen molar-refractivity contribution in [1.82, 2.24) is 19.1 Å². The summed E-state index contributed by atoms with van der Waals surface area (Å²) < 4.78 is 21.6. The van der Waals surface area contributed by atoms with E-state index in [0.29, 0.717) is 17.7 Å². The number of hydrogen-bond donors (Lipinski definition) is 1. The second-order valence-corrected chi connectivity index (χ2v) is 6.34. The Bertz CT molecular complexity index is 856. The predicted molar refractivity (Wildman–Crippen MR) is 73.9 cm³/mol. The highest BCUT2D eigenvalue weighted by molar-refractivity contribution is 5.72. The summed E-state index contributed by atoms with van der Waals surface area (Å²) >= 11 is 0. The van der Waals surface area contributed by atoms with Crippen LogP contribution in [0, 0.1) is 0 Å². The molecular formula is C13H15N5O4. The molecule has 0 radical (unpaired) electrons. The first-order chi connectivity index (χ1) is 10.4. The van der Waals surface area contributed by atoms with Crippen molar-refractivity contribution in [2.45, 2.75) is 50.7 Å². The van der Waals surface area contributed by atoms with Gasteiger partial charge in [-0.1, -0.05) is 0 Å². The minimum Gasteiger partial charge on any atom is -0.369 e. The van der Waals surface area contributed by atoms with Crippen LogP contribution in [-0.2, 0) is 20.8 Å². The summed E-state index contributed by atoms with van der Waals surface area (Å²) in [6.45, 7) is 4.21. The molecule has 2 bridgehead atoms. The Labute approximate surface area is 124 Å². The van der Waals surface area contributed by atoms with Gasteiger partial charge in [-0.25, -0.2) is 4.98 Å². The molecule has 2 N–H and O–H groups in total. The predicted octanol–water partition coefficient (Wildman–Crippen LogP) is -0.394. The number of ether oxygens (including phenoxy) is 3. The van der Waals surface area contributed by atoms with Crippen LogP contribution in [0.4, 0.5) is 5.95 Å². The van der Waals surface area contributed by atoms with Gasteiger partial charge in [0.1, 0.15) is 18.3 Å². The monoisotopic (exact) mass is 305 g/mol. The first kappa shape index (κ1) is 12.6. The fourth-order valence-corrected chi connectivity index (χ4v) is 3.67. The van der Waals surface area contributed by atoms with Gasteiger partial charge >= 0.3 is 5.56 Å². The Hall–Kier alpha value is -1.97. The maximum atomic E-state index is 12.0. The molecule has 4 atom stereocenters. The summed E-state index contributed by atoms with van der Waals surface area (Å²) in [6, 6.07) is 0. The molecule has 0 aliphatic carbocycles. The maximum Gasteiger partial charge on any atom is 0.302 e. The van der Waals surface area contributed by atoms with Crippen molar-refractivity contribution in [2.75, 3.05) is 5.73 Å². The minimum atomic E-state index is -0.663. The lowest BCUT2D eigenvalue weighted by Crippen LogP contribution is -2.35. The van der Waals surface area contributed by atoms with Gasteiger partial charge in [0.2, 0.25) is 5.95 Å². The lowest BCUT2D eigenvalue weighted by atomic mass is 10.1. The molecule has 2 saturated heterocycles. The third kappa shape index (κ3) is 1.40. The molecule has 3 aliphatic heterocycles.